The maximum atomic E-state index is 14.5. The Labute approximate surface area is 166 Å². The molecule has 11 heteroatoms. The molecule has 154 valence electrons. The fourth-order valence-electron chi connectivity index (χ4n) is 2.59. The number of carbonyl (C=O) groups excluding carboxylic acids is 1. The van der Waals surface area contributed by atoms with Crippen LogP contribution < -0.4 is 5.32 Å². The van der Waals surface area contributed by atoms with Gasteiger partial charge in [0.25, 0.3) is 0 Å². The summed E-state index contributed by atoms with van der Waals surface area (Å²) in [5, 5.41) is 6.81. The summed E-state index contributed by atoms with van der Waals surface area (Å²) in [6.07, 6.45) is 1.58. The minimum Gasteiger partial charge on any atom is -0.444 e. The molecule has 0 spiro atoms. The topological polar surface area (TPSA) is 116 Å². The maximum absolute atomic E-state index is 14.5. The molecule has 0 atom stereocenters. The number of nitrogens with zero attached hydrogens (tertiary/aromatic N) is 4. The standard InChI is InChI=1S/C18H20FN5O4S/c1-18(2,3)28-17(25)21-13-7-6-10(8-12(13)19)14-11-9-20-16(29(5,26)27)22-15(11)24(4)23-14/h6-9H,1-5H3,(H,21,25). The van der Waals surface area contributed by atoms with Crippen LogP contribution in [0.4, 0.5) is 14.9 Å². The predicted molar refractivity (Wildman–Crippen MR) is 105 cm³/mol. The fourth-order valence-corrected chi connectivity index (χ4v) is 3.09. The maximum Gasteiger partial charge on any atom is 0.412 e. The number of sulfone groups is 1. The number of amides is 1. The molecule has 2 aromatic heterocycles. The van der Waals surface area contributed by atoms with E-state index in [-0.39, 0.29) is 10.8 Å². The van der Waals surface area contributed by atoms with Crippen molar-refractivity contribution in [3.8, 4) is 11.3 Å². The highest BCUT2D eigenvalue weighted by atomic mass is 32.2. The Morgan fingerprint density at radius 1 is 1.28 bits per heavy atom. The second-order valence-corrected chi connectivity index (χ2v) is 9.37. The van der Waals surface area contributed by atoms with Crippen molar-refractivity contribution in [2.75, 3.05) is 11.6 Å². The number of carbonyl (C=O) groups is 1. The summed E-state index contributed by atoms with van der Waals surface area (Å²) < 4.78 is 44.4. The summed E-state index contributed by atoms with van der Waals surface area (Å²) in [5.74, 6) is -0.680. The second kappa shape index (κ2) is 7.07. The molecule has 0 fully saturated rings. The molecule has 1 amide bonds. The van der Waals surface area contributed by atoms with Crippen LogP contribution in [0.25, 0.3) is 22.3 Å². The Kier molecular flexibility index (Phi) is 5.03. The normalized spacial score (nSPS) is 12.2. The van der Waals surface area contributed by atoms with E-state index in [1.54, 1.807) is 33.9 Å². The molecule has 1 N–H and O–H groups in total. The fraction of sp³-hybridized carbons (Fsp3) is 0.333. The van der Waals surface area contributed by atoms with Gasteiger partial charge in [0.1, 0.15) is 17.1 Å². The summed E-state index contributed by atoms with van der Waals surface area (Å²) in [6, 6.07) is 4.17. The molecule has 0 aliphatic carbocycles. The van der Waals surface area contributed by atoms with Gasteiger partial charge in [0.2, 0.25) is 15.0 Å². The molecule has 9 nitrogen and oxygen atoms in total. The molecule has 0 bridgehead atoms. The monoisotopic (exact) mass is 421 g/mol. The van der Waals surface area contributed by atoms with Crippen LogP contribution in [0.1, 0.15) is 20.8 Å². The van der Waals surface area contributed by atoms with Crippen LogP contribution >= 0.6 is 0 Å². The molecule has 29 heavy (non-hydrogen) atoms. The van der Waals surface area contributed by atoms with Crippen molar-refractivity contribution >= 4 is 32.7 Å². The molecule has 0 aliphatic heterocycles. The van der Waals surface area contributed by atoms with Crippen LogP contribution in [-0.4, -0.2) is 46.1 Å². The van der Waals surface area contributed by atoms with E-state index in [4.69, 9.17) is 4.74 Å². The third-order valence-electron chi connectivity index (χ3n) is 3.77. The zero-order valence-electron chi connectivity index (χ0n) is 16.5. The first-order valence-electron chi connectivity index (χ1n) is 8.55. The van der Waals surface area contributed by atoms with Gasteiger partial charge in [0.15, 0.2) is 5.65 Å². The van der Waals surface area contributed by atoms with Gasteiger partial charge in [0.05, 0.1) is 11.1 Å². The van der Waals surface area contributed by atoms with E-state index < -0.39 is 27.3 Å². The summed E-state index contributed by atoms with van der Waals surface area (Å²) in [6.45, 7) is 5.11. The number of rotatable bonds is 3. The molecular formula is C18H20FN5O4S. The lowest BCUT2D eigenvalue weighted by Crippen LogP contribution is -2.27. The number of hydrogen-bond acceptors (Lipinski definition) is 7. The van der Waals surface area contributed by atoms with Crippen LogP contribution in [0.3, 0.4) is 0 Å². The van der Waals surface area contributed by atoms with Gasteiger partial charge in [-0.2, -0.15) is 10.1 Å². The van der Waals surface area contributed by atoms with Gasteiger partial charge < -0.3 is 4.74 Å². The van der Waals surface area contributed by atoms with Gasteiger partial charge in [-0.3, -0.25) is 5.32 Å². The molecule has 3 rings (SSSR count). The van der Waals surface area contributed by atoms with Gasteiger partial charge in [0, 0.05) is 25.1 Å². The van der Waals surface area contributed by atoms with Crippen LogP contribution in [-0.2, 0) is 21.6 Å². The highest BCUT2D eigenvalue weighted by molar-refractivity contribution is 7.90. The molecular weight excluding hydrogens is 401 g/mol. The lowest BCUT2D eigenvalue weighted by molar-refractivity contribution is 0.0635. The van der Waals surface area contributed by atoms with E-state index >= 15 is 0 Å². The summed E-state index contributed by atoms with van der Waals surface area (Å²) in [7, 11) is -1.98. The van der Waals surface area contributed by atoms with Gasteiger partial charge in [-0.15, -0.1) is 0 Å². The molecule has 0 aliphatic rings. The van der Waals surface area contributed by atoms with Gasteiger partial charge in [-0.1, -0.05) is 6.07 Å². The van der Waals surface area contributed by atoms with Crippen molar-refractivity contribution < 1.29 is 22.3 Å². The van der Waals surface area contributed by atoms with Crippen LogP contribution in [0.2, 0.25) is 0 Å². The van der Waals surface area contributed by atoms with Crippen molar-refractivity contribution in [2.24, 2.45) is 7.05 Å². The molecule has 0 unspecified atom stereocenters. The van der Waals surface area contributed by atoms with Crippen molar-refractivity contribution in [2.45, 2.75) is 31.5 Å². The number of fused-ring (bicyclic) bond motifs is 1. The summed E-state index contributed by atoms with van der Waals surface area (Å²) in [5.41, 5.74) is 0.340. The minimum absolute atomic E-state index is 0.0427. The third kappa shape index (κ3) is 4.50. The Balaban J connectivity index is 1.96. The van der Waals surface area contributed by atoms with Gasteiger partial charge in [-0.25, -0.2) is 27.3 Å². The zero-order valence-corrected chi connectivity index (χ0v) is 17.3. The Morgan fingerprint density at radius 3 is 2.55 bits per heavy atom. The first-order chi connectivity index (χ1) is 13.3. The number of hydrogen-bond donors (Lipinski definition) is 1. The van der Waals surface area contributed by atoms with Crippen LogP contribution in [0.5, 0.6) is 0 Å². The number of benzene rings is 1. The van der Waals surface area contributed by atoms with E-state index in [1.165, 1.54) is 23.0 Å². The Bertz CT molecular complexity index is 1210. The van der Waals surface area contributed by atoms with Crippen molar-refractivity contribution in [3.63, 3.8) is 0 Å². The number of aromatic nitrogens is 4. The van der Waals surface area contributed by atoms with E-state index in [1.807, 2.05) is 0 Å². The molecule has 3 aromatic rings. The average molecular weight is 421 g/mol. The summed E-state index contributed by atoms with van der Waals surface area (Å²) >= 11 is 0. The van der Waals surface area contributed by atoms with Crippen LogP contribution in [0, 0.1) is 5.82 Å². The van der Waals surface area contributed by atoms with E-state index in [9.17, 15) is 17.6 Å². The van der Waals surface area contributed by atoms with Crippen molar-refractivity contribution in [1.82, 2.24) is 19.7 Å². The zero-order chi connectivity index (χ0) is 21.6. The quantitative estimate of drug-likeness (QED) is 0.646. The second-order valence-electron chi connectivity index (χ2n) is 7.46. The minimum atomic E-state index is -3.58. The predicted octanol–water partition coefficient (Wildman–Crippen LogP) is 2.92. The number of ether oxygens (including phenoxy) is 1. The van der Waals surface area contributed by atoms with Crippen molar-refractivity contribution in [1.29, 1.82) is 0 Å². The van der Waals surface area contributed by atoms with E-state index in [2.05, 4.69) is 20.4 Å². The Morgan fingerprint density at radius 2 is 1.97 bits per heavy atom. The highest BCUT2D eigenvalue weighted by Gasteiger charge is 2.20. The first kappa shape index (κ1) is 20.6. The largest absolute Gasteiger partial charge is 0.444 e. The number of aryl methyl sites for hydroxylation is 1. The lowest BCUT2D eigenvalue weighted by Gasteiger charge is -2.19. The molecule has 0 radical (unpaired) electrons. The molecule has 0 saturated heterocycles. The van der Waals surface area contributed by atoms with Crippen LogP contribution in [0.15, 0.2) is 29.6 Å². The van der Waals surface area contributed by atoms with E-state index in [0.717, 1.165) is 6.26 Å². The SMILES string of the molecule is Cn1nc(-c2ccc(NC(=O)OC(C)(C)C)c(F)c2)c2cnc(S(C)(=O)=O)nc21. The van der Waals surface area contributed by atoms with Gasteiger partial charge in [-0.05, 0) is 32.9 Å². The molecule has 2 heterocycles. The lowest BCUT2D eigenvalue weighted by atomic mass is 10.1. The Hall–Kier alpha value is -3.08. The molecule has 1 aromatic carbocycles. The summed E-state index contributed by atoms with van der Waals surface area (Å²) in [4.78, 5) is 19.8. The number of nitrogens with one attached hydrogen (secondary N) is 1. The smallest absolute Gasteiger partial charge is 0.412 e. The first-order valence-corrected chi connectivity index (χ1v) is 10.4. The number of halogens is 1. The average Bonchev–Trinajstić information content (AvgIpc) is 2.91. The highest BCUT2D eigenvalue weighted by Crippen LogP contribution is 2.29. The number of anilines is 1. The van der Waals surface area contributed by atoms with Crippen molar-refractivity contribution in [3.05, 3.63) is 30.2 Å². The van der Waals surface area contributed by atoms with Gasteiger partial charge >= 0.3 is 6.09 Å². The molecule has 0 saturated carbocycles. The van der Waals surface area contributed by atoms with E-state index in [0.29, 0.717) is 22.3 Å². The third-order valence-corrected chi connectivity index (χ3v) is 4.63.